The Balaban J connectivity index is 0.000000559. The predicted octanol–water partition coefficient (Wildman–Crippen LogP) is 5.26. The Morgan fingerprint density at radius 3 is 1.90 bits per heavy atom. The lowest BCUT2D eigenvalue weighted by atomic mass is 10.1. The van der Waals surface area contributed by atoms with Crippen molar-refractivity contribution in [1.29, 1.82) is 0 Å². The van der Waals surface area contributed by atoms with Crippen molar-refractivity contribution in [2.24, 2.45) is 0 Å². The highest BCUT2D eigenvalue weighted by atomic mass is 19.4. The lowest BCUT2D eigenvalue weighted by Gasteiger charge is -2.22. The summed E-state index contributed by atoms with van der Waals surface area (Å²) >= 11 is 0. The van der Waals surface area contributed by atoms with Gasteiger partial charge in [0, 0.05) is 43.5 Å². The number of carboxylic acids is 1. The fourth-order valence-corrected chi connectivity index (χ4v) is 4.09. The standard InChI is InChI=1S/C26H27F2N3O2.C2HF3O2/c27-22-14-21(15-23(28)16-22)26(33)29-24-4-1-3-20(13-24)18-31-10-2-9-30(11-12-31)17-19-5-7-25(32)8-6-19;3-2(4,5)1(6)7/h1,3-8,13-16,32H,2,9-12,17-18H2,(H,29,33);(H,6,7). The van der Waals surface area contributed by atoms with Crippen LogP contribution in [0.15, 0.2) is 66.7 Å². The Labute approximate surface area is 227 Å². The summed E-state index contributed by atoms with van der Waals surface area (Å²) in [7, 11) is 0. The molecule has 3 N–H and O–H groups in total. The molecule has 0 saturated carbocycles. The Morgan fingerprint density at radius 2 is 1.35 bits per heavy atom. The largest absolute Gasteiger partial charge is 0.508 e. The van der Waals surface area contributed by atoms with Crippen LogP contribution in [0.2, 0.25) is 0 Å². The zero-order chi connectivity index (χ0) is 29.3. The molecule has 0 atom stereocenters. The molecule has 1 aliphatic rings. The van der Waals surface area contributed by atoms with Gasteiger partial charge in [0.15, 0.2) is 0 Å². The molecule has 0 radical (unpaired) electrons. The van der Waals surface area contributed by atoms with E-state index >= 15 is 0 Å². The van der Waals surface area contributed by atoms with Crippen molar-refractivity contribution in [3.05, 3.63) is 95.1 Å². The van der Waals surface area contributed by atoms with Crippen LogP contribution in [0.25, 0.3) is 0 Å². The molecule has 0 unspecified atom stereocenters. The minimum atomic E-state index is -5.08. The van der Waals surface area contributed by atoms with Crippen LogP contribution >= 0.6 is 0 Å². The molecule has 0 spiro atoms. The van der Waals surface area contributed by atoms with Crippen molar-refractivity contribution in [1.82, 2.24) is 9.80 Å². The van der Waals surface area contributed by atoms with Gasteiger partial charge in [-0.3, -0.25) is 14.6 Å². The third kappa shape index (κ3) is 9.93. The number of carboxylic acid groups (broad SMARTS) is 1. The number of amides is 1. The molecule has 40 heavy (non-hydrogen) atoms. The molecular formula is C28H28F5N3O4. The first-order valence-corrected chi connectivity index (χ1v) is 12.3. The number of alkyl halides is 3. The van der Waals surface area contributed by atoms with Crippen LogP contribution in [-0.2, 0) is 17.9 Å². The maximum absolute atomic E-state index is 13.4. The lowest BCUT2D eigenvalue weighted by molar-refractivity contribution is -0.192. The molecule has 1 heterocycles. The van der Waals surface area contributed by atoms with Crippen molar-refractivity contribution in [2.45, 2.75) is 25.7 Å². The molecule has 1 aliphatic heterocycles. The van der Waals surface area contributed by atoms with Gasteiger partial charge in [0.25, 0.3) is 5.91 Å². The Kier molecular flexibility index (Phi) is 10.6. The van der Waals surface area contributed by atoms with E-state index in [1.807, 2.05) is 30.3 Å². The van der Waals surface area contributed by atoms with E-state index in [0.717, 1.165) is 69.5 Å². The summed E-state index contributed by atoms with van der Waals surface area (Å²) in [5.74, 6) is -4.59. The highest BCUT2D eigenvalue weighted by Gasteiger charge is 2.38. The van der Waals surface area contributed by atoms with Gasteiger partial charge in [0.2, 0.25) is 0 Å². The van der Waals surface area contributed by atoms with Gasteiger partial charge in [-0.1, -0.05) is 24.3 Å². The van der Waals surface area contributed by atoms with Gasteiger partial charge < -0.3 is 15.5 Å². The summed E-state index contributed by atoms with van der Waals surface area (Å²) in [5, 5.41) is 19.3. The number of benzene rings is 3. The highest BCUT2D eigenvalue weighted by molar-refractivity contribution is 6.04. The van der Waals surface area contributed by atoms with Crippen LogP contribution < -0.4 is 5.32 Å². The van der Waals surface area contributed by atoms with Crippen LogP contribution in [0.3, 0.4) is 0 Å². The third-order valence-electron chi connectivity index (χ3n) is 5.98. The topological polar surface area (TPSA) is 93.1 Å². The van der Waals surface area contributed by atoms with Gasteiger partial charge in [-0.05, 0) is 67.0 Å². The monoisotopic (exact) mass is 565 g/mol. The lowest BCUT2D eigenvalue weighted by Crippen LogP contribution is -2.30. The molecule has 1 amide bonds. The second-order valence-corrected chi connectivity index (χ2v) is 9.19. The summed E-state index contributed by atoms with van der Waals surface area (Å²) in [4.78, 5) is 26.1. The zero-order valence-electron chi connectivity index (χ0n) is 21.3. The third-order valence-corrected chi connectivity index (χ3v) is 5.98. The van der Waals surface area contributed by atoms with Crippen LogP contribution in [0, 0.1) is 11.6 Å². The van der Waals surface area contributed by atoms with Gasteiger partial charge in [0.05, 0.1) is 0 Å². The number of phenols is 1. The fourth-order valence-electron chi connectivity index (χ4n) is 4.09. The number of aliphatic carboxylic acids is 1. The fraction of sp³-hybridized carbons (Fsp3) is 0.286. The van der Waals surface area contributed by atoms with Crippen molar-refractivity contribution in [2.75, 3.05) is 31.5 Å². The maximum Gasteiger partial charge on any atom is 0.490 e. The molecule has 0 aliphatic carbocycles. The highest BCUT2D eigenvalue weighted by Crippen LogP contribution is 2.18. The van der Waals surface area contributed by atoms with E-state index in [1.165, 1.54) is 5.56 Å². The van der Waals surface area contributed by atoms with Crippen molar-refractivity contribution in [3.8, 4) is 5.75 Å². The van der Waals surface area contributed by atoms with Crippen LogP contribution in [0.4, 0.5) is 27.6 Å². The molecule has 214 valence electrons. The number of carbonyl (C=O) groups excluding carboxylic acids is 1. The zero-order valence-corrected chi connectivity index (χ0v) is 21.3. The van der Waals surface area contributed by atoms with Gasteiger partial charge in [-0.25, -0.2) is 13.6 Å². The SMILES string of the molecule is O=C(Nc1cccc(CN2CCCN(Cc3ccc(O)cc3)CC2)c1)c1cc(F)cc(F)c1.O=C(O)C(F)(F)F. The summed E-state index contributed by atoms with van der Waals surface area (Å²) in [6.45, 7) is 5.48. The van der Waals surface area contributed by atoms with E-state index < -0.39 is 29.7 Å². The van der Waals surface area contributed by atoms with Gasteiger partial charge in [0.1, 0.15) is 17.4 Å². The van der Waals surface area contributed by atoms with Crippen LogP contribution in [-0.4, -0.2) is 64.2 Å². The van der Waals surface area contributed by atoms with Crippen molar-refractivity contribution >= 4 is 17.6 Å². The van der Waals surface area contributed by atoms with Crippen molar-refractivity contribution < 1.29 is 41.8 Å². The number of nitrogens with zero attached hydrogens (tertiary/aromatic N) is 2. The molecule has 4 rings (SSSR count). The number of hydrogen-bond donors (Lipinski definition) is 3. The molecule has 0 aromatic heterocycles. The number of aromatic hydroxyl groups is 1. The number of hydrogen-bond acceptors (Lipinski definition) is 5. The number of phenolic OH excluding ortho intramolecular Hbond substituents is 1. The predicted molar refractivity (Wildman–Crippen MR) is 138 cm³/mol. The van der Waals surface area contributed by atoms with Crippen LogP contribution in [0.1, 0.15) is 27.9 Å². The maximum atomic E-state index is 13.4. The Hall–Kier alpha value is -4.03. The minimum absolute atomic E-state index is 0.0564. The number of nitrogens with one attached hydrogen (secondary N) is 1. The number of anilines is 1. The smallest absolute Gasteiger partial charge is 0.490 e. The van der Waals surface area contributed by atoms with Crippen molar-refractivity contribution in [3.63, 3.8) is 0 Å². The van der Waals surface area contributed by atoms with E-state index in [0.29, 0.717) is 5.69 Å². The molecule has 0 bridgehead atoms. The first-order valence-electron chi connectivity index (χ1n) is 12.3. The molecule has 1 saturated heterocycles. The molecule has 12 heteroatoms. The van der Waals surface area contributed by atoms with E-state index in [1.54, 1.807) is 18.2 Å². The molecule has 1 fully saturated rings. The van der Waals surface area contributed by atoms with Gasteiger partial charge >= 0.3 is 12.1 Å². The second-order valence-electron chi connectivity index (χ2n) is 9.19. The number of rotatable bonds is 6. The van der Waals surface area contributed by atoms with Gasteiger partial charge in [-0.2, -0.15) is 13.2 Å². The Bertz CT molecular complexity index is 1280. The van der Waals surface area contributed by atoms with E-state index in [4.69, 9.17) is 9.90 Å². The summed E-state index contributed by atoms with van der Waals surface area (Å²) in [5.41, 5.74) is 2.78. The molecule has 7 nitrogen and oxygen atoms in total. The second kappa shape index (κ2) is 13.9. The number of carbonyl (C=O) groups is 2. The Morgan fingerprint density at radius 1 is 0.800 bits per heavy atom. The van der Waals surface area contributed by atoms with E-state index in [-0.39, 0.29) is 11.3 Å². The van der Waals surface area contributed by atoms with E-state index in [2.05, 4.69) is 15.1 Å². The molecule has 3 aromatic carbocycles. The summed E-state index contributed by atoms with van der Waals surface area (Å²) < 4.78 is 58.6. The molecule has 3 aromatic rings. The normalized spacial score (nSPS) is 14.5. The van der Waals surface area contributed by atoms with Gasteiger partial charge in [-0.15, -0.1) is 0 Å². The summed E-state index contributed by atoms with van der Waals surface area (Å²) in [6, 6.07) is 17.7. The number of halogens is 5. The molecular weight excluding hydrogens is 537 g/mol. The van der Waals surface area contributed by atoms with Crippen LogP contribution in [0.5, 0.6) is 5.75 Å². The quantitative estimate of drug-likeness (QED) is 0.353. The van der Waals surface area contributed by atoms with E-state index in [9.17, 15) is 31.9 Å². The summed E-state index contributed by atoms with van der Waals surface area (Å²) in [6.07, 6.45) is -4.03. The first-order chi connectivity index (χ1) is 18.9. The first kappa shape index (κ1) is 30.5. The average Bonchev–Trinajstić information content (AvgIpc) is 3.09. The minimum Gasteiger partial charge on any atom is -0.508 e. The average molecular weight is 566 g/mol.